The van der Waals surface area contributed by atoms with Gasteiger partial charge in [-0.25, -0.2) is 0 Å². The molecular weight excluding hydrogens is 402 g/mol. The number of rotatable bonds is 10. The number of hydrogen-bond acceptors (Lipinski definition) is 4. The van der Waals surface area contributed by atoms with Crippen LogP contribution < -0.4 is 15.4 Å². The summed E-state index contributed by atoms with van der Waals surface area (Å²) in [5, 5.41) is 7.60. The zero-order valence-corrected chi connectivity index (χ0v) is 18.8. The Morgan fingerprint density at radius 1 is 1.12 bits per heavy atom. The molecule has 1 aromatic heterocycles. The molecule has 6 nitrogen and oxygen atoms in total. The molecule has 0 spiro atoms. The van der Waals surface area contributed by atoms with E-state index in [2.05, 4.69) is 21.3 Å². The third-order valence-electron chi connectivity index (χ3n) is 5.98. The molecule has 0 unspecified atom stereocenters. The standard InChI is InChI=1S/C26H33N3O3/c1-31-17-8-7-16-29-23-14-6-5-13-22(23)25(32-19-20-10-3-2-4-11-20)24(29)26(30)28-21-12-9-15-27-18-21/h2-6,10-11,13-14,21,27H,7-9,12,15-19H2,1H3,(H,28,30)/t21-/m1/s1. The third-order valence-corrected chi connectivity index (χ3v) is 5.98. The molecule has 0 bridgehead atoms. The van der Waals surface area contributed by atoms with Crippen molar-refractivity contribution in [1.29, 1.82) is 0 Å². The molecule has 1 aliphatic rings. The van der Waals surface area contributed by atoms with Crippen molar-refractivity contribution in [2.24, 2.45) is 0 Å². The Morgan fingerprint density at radius 3 is 2.72 bits per heavy atom. The number of piperidine rings is 1. The van der Waals surface area contributed by atoms with Crippen LogP contribution in [0.1, 0.15) is 41.7 Å². The van der Waals surface area contributed by atoms with E-state index in [0.717, 1.165) is 61.8 Å². The molecule has 0 aliphatic carbocycles. The van der Waals surface area contributed by atoms with Crippen molar-refractivity contribution in [3.05, 3.63) is 65.9 Å². The Hall–Kier alpha value is -2.83. The summed E-state index contributed by atoms with van der Waals surface area (Å²) in [5.41, 5.74) is 2.72. The summed E-state index contributed by atoms with van der Waals surface area (Å²) in [6.45, 7) is 3.69. The molecule has 2 N–H and O–H groups in total. The number of benzene rings is 2. The van der Waals surface area contributed by atoms with Gasteiger partial charge < -0.3 is 24.7 Å². The van der Waals surface area contributed by atoms with Crippen molar-refractivity contribution in [3.8, 4) is 5.75 Å². The molecule has 2 aromatic carbocycles. The van der Waals surface area contributed by atoms with Gasteiger partial charge >= 0.3 is 0 Å². The van der Waals surface area contributed by atoms with Crippen LogP contribution in [0.2, 0.25) is 0 Å². The van der Waals surface area contributed by atoms with Gasteiger partial charge in [0.25, 0.3) is 5.91 Å². The van der Waals surface area contributed by atoms with Crippen LogP contribution in [0.15, 0.2) is 54.6 Å². The van der Waals surface area contributed by atoms with Gasteiger partial charge in [0, 0.05) is 38.2 Å². The minimum absolute atomic E-state index is 0.0651. The quantitative estimate of drug-likeness (QED) is 0.470. The molecule has 32 heavy (non-hydrogen) atoms. The monoisotopic (exact) mass is 435 g/mol. The number of nitrogens with zero attached hydrogens (tertiary/aromatic N) is 1. The highest BCUT2D eigenvalue weighted by molar-refractivity contribution is 6.04. The van der Waals surface area contributed by atoms with Gasteiger partial charge in [0.2, 0.25) is 0 Å². The molecule has 3 aromatic rings. The van der Waals surface area contributed by atoms with E-state index in [9.17, 15) is 4.79 Å². The minimum Gasteiger partial charge on any atom is -0.486 e. The van der Waals surface area contributed by atoms with Crippen LogP contribution in [0.5, 0.6) is 5.75 Å². The fourth-order valence-corrected chi connectivity index (χ4v) is 4.35. The number of amides is 1. The van der Waals surface area contributed by atoms with Crippen LogP contribution in [0.3, 0.4) is 0 Å². The average Bonchev–Trinajstić information content (AvgIpc) is 3.15. The number of methoxy groups -OCH3 is 1. The van der Waals surface area contributed by atoms with Crippen LogP contribution in [-0.2, 0) is 17.9 Å². The number of para-hydroxylation sites is 1. The fraction of sp³-hybridized carbons (Fsp3) is 0.423. The Bertz CT molecular complexity index is 1010. The lowest BCUT2D eigenvalue weighted by molar-refractivity contribution is 0.0916. The Kier molecular flexibility index (Phi) is 7.80. The van der Waals surface area contributed by atoms with Crippen molar-refractivity contribution in [2.75, 3.05) is 26.8 Å². The van der Waals surface area contributed by atoms with E-state index in [0.29, 0.717) is 24.7 Å². The fourth-order valence-electron chi connectivity index (χ4n) is 4.35. The second-order valence-electron chi connectivity index (χ2n) is 8.34. The molecule has 1 aliphatic heterocycles. The molecule has 1 amide bonds. The van der Waals surface area contributed by atoms with Gasteiger partial charge in [-0.15, -0.1) is 0 Å². The lowest BCUT2D eigenvalue weighted by Gasteiger charge is -2.24. The summed E-state index contributed by atoms with van der Waals surface area (Å²) in [6.07, 6.45) is 3.93. The van der Waals surface area contributed by atoms with E-state index in [1.165, 1.54) is 0 Å². The lowest BCUT2D eigenvalue weighted by Crippen LogP contribution is -2.46. The van der Waals surface area contributed by atoms with Crippen LogP contribution in [0, 0.1) is 0 Å². The molecule has 6 heteroatoms. The second-order valence-corrected chi connectivity index (χ2v) is 8.34. The van der Waals surface area contributed by atoms with Crippen molar-refractivity contribution >= 4 is 16.8 Å². The number of carbonyl (C=O) groups excluding carboxylic acids is 1. The van der Waals surface area contributed by atoms with E-state index in [1.807, 2.05) is 48.5 Å². The Morgan fingerprint density at radius 2 is 1.94 bits per heavy atom. The minimum atomic E-state index is -0.0651. The average molecular weight is 436 g/mol. The van der Waals surface area contributed by atoms with Crippen molar-refractivity contribution in [1.82, 2.24) is 15.2 Å². The molecule has 170 valence electrons. The summed E-state index contributed by atoms with van der Waals surface area (Å²) >= 11 is 0. The predicted octanol–water partition coefficient (Wildman–Crippen LogP) is 4.13. The molecule has 1 atom stereocenters. The first-order valence-corrected chi connectivity index (χ1v) is 11.6. The molecule has 2 heterocycles. The van der Waals surface area contributed by atoms with Gasteiger partial charge in [0.1, 0.15) is 6.61 Å². The predicted molar refractivity (Wildman–Crippen MR) is 127 cm³/mol. The first-order chi connectivity index (χ1) is 15.8. The molecule has 1 saturated heterocycles. The number of fused-ring (bicyclic) bond motifs is 1. The molecule has 0 radical (unpaired) electrons. The number of aryl methyl sites for hydroxylation is 1. The van der Waals surface area contributed by atoms with Gasteiger partial charge in [0.15, 0.2) is 11.4 Å². The van der Waals surface area contributed by atoms with Crippen molar-refractivity contribution in [2.45, 2.75) is 44.9 Å². The van der Waals surface area contributed by atoms with E-state index < -0.39 is 0 Å². The first-order valence-electron chi connectivity index (χ1n) is 11.6. The summed E-state index contributed by atoms with van der Waals surface area (Å²) in [5.74, 6) is 0.599. The number of nitrogens with one attached hydrogen (secondary N) is 2. The number of aromatic nitrogens is 1. The molecule has 4 rings (SSSR count). The Labute approximate surface area is 189 Å². The van der Waals surface area contributed by atoms with Crippen LogP contribution in [-0.4, -0.2) is 43.3 Å². The van der Waals surface area contributed by atoms with E-state index in [4.69, 9.17) is 9.47 Å². The zero-order valence-electron chi connectivity index (χ0n) is 18.8. The summed E-state index contributed by atoms with van der Waals surface area (Å²) in [4.78, 5) is 13.6. The summed E-state index contributed by atoms with van der Waals surface area (Å²) in [6, 6.07) is 18.3. The molecule has 0 saturated carbocycles. The number of carbonyl (C=O) groups is 1. The van der Waals surface area contributed by atoms with Gasteiger partial charge in [-0.2, -0.15) is 0 Å². The van der Waals surface area contributed by atoms with Crippen molar-refractivity contribution < 1.29 is 14.3 Å². The van der Waals surface area contributed by atoms with Crippen LogP contribution in [0.25, 0.3) is 10.9 Å². The van der Waals surface area contributed by atoms with E-state index >= 15 is 0 Å². The maximum atomic E-state index is 13.6. The van der Waals surface area contributed by atoms with Gasteiger partial charge in [0.05, 0.1) is 5.52 Å². The SMILES string of the molecule is COCCCCn1c(C(=O)N[C@@H]2CCCNC2)c(OCc2ccccc2)c2ccccc21. The smallest absolute Gasteiger partial charge is 0.272 e. The summed E-state index contributed by atoms with van der Waals surface area (Å²) < 4.78 is 13.7. The molecule has 1 fully saturated rings. The number of hydrogen-bond donors (Lipinski definition) is 2. The highest BCUT2D eigenvalue weighted by Crippen LogP contribution is 2.34. The number of unbranched alkanes of at least 4 members (excludes halogenated alkanes) is 1. The zero-order chi connectivity index (χ0) is 22.2. The van der Waals surface area contributed by atoms with E-state index in [1.54, 1.807) is 7.11 Å². The lowest BCUT2D eigenvalue weighted by atomic mass is 10.1. The maximum Gasteiger partial charge on any atom is 0.272 e. The van der Waals surface area contributed by atoms with Crippen LogP contribution >= 0.6 is 0 Å². The van der Waals surface area contributed by atoms with Gasteiger partial charge in [-0.3, -0.25) is 4.79 Å². The summed E-state index contributed by atoms with van der Waals surface area (Å²) in [7, 11) is 1.72. The largest absolute Gasteiger partial charge is 0.486 e. The highest BCUT2D eigenvalue weighted by atomic mass is 16.5. The van der Waals surface area contributed by atoms with Crippen LogP contribution in [0.4, 0.5) is 0 Å². The second kappa shape index (κ2) is 11.2. The molecular formula is C26H33N3O3. The third kappa shape index (κ3) is 5.31. The topological polar surface area (TPSA) is 64.5 Å². The maximum absolute atomic E-state index is 13.6. The van der Waals surface area contributed by atoms with Crippen molar-refractivity contribution in [3.63, 3.8) is 0 Å². The Balaban J connectivity index is 1.67. The first kappa shape index (κ1) is 22.4. The normalized spacial score (nSPS) is 16.2. The van der Waals surface area contributed by atoms with Gasteiger partial charge in [-0.05, 0) is 49.9 Å². The van der Waals surface area contributed by atoms with Gasteiger partial charge in [-0.1, -0.05) is 42.5 Å². The number of ether oxygens (including phenoxy) is 2. The highest BCUT2D eigenvalue weighted by Gasteiger charge is 2.26. The van der Waals surface area contributed by atoms with E-state index in [-0.39, 0.29) is 11.9 Å².